The molecule has 0 aliphatic carbocycles. The Morgan fingerprint density at radius 2 is 2.00 bits per heavy atom. The van der Waals surface area contributed by atoms with Gasteiger partial charge in [-0.15, -0.1) is 17.5 Å². The fourth-order valence-electron chi connectivity index (χ4n) is 1.86. The number of hydrogen-bond acceptors (Lipinski definition) is 4. The van der Waals surface area contributed by atoms with Crippen LogP contribution in [0.2, 0.25) is 0 Å². The molecule has 1 atom stereocenters. The van der Waals surface area contributed by atoms with Crippen molar-refractivity contribution in [2.45, 2.75) is 26.3 Å². The predicted octanol–water partition coefficient (Wildman–Crippen LogP) is 1.64. The Kier molecular flexibility index (Phi) is 6.08. The Labute approximate surface area is 136 Å². The van der Waals surface area contributed by atoms with E-state index in [0.717, 1.165) is 5.69 Å². The van der Waals surface area contributed by atoms with Gasteiger partial charge < -0.3 is 11.1 Å². The molecule has 0 radical (unpaired) electrons. The predicted molar refractivity (Wildman–Crippen MR) is 88.0 cm³/mol. The number of nitrogens with two attached hydrogens (primary N) is 1. The van der Waals surface area contributed by atoms with Crippen LogP contribution in [0, 0.1) is 5.92 Å². The minimum Gasteiger partial charge on any atom is -0.345 e. The molecule has 0 saturated heterocycles. The quantitative estimate of drug-likeness (QED) is 0.875. The lowest BCUT2D eigenvalue weighted by Gasteiger charge is -2.25. The maximum Gasteiger partial charge on any atom is 0.224 e. The number of carbonyl (C=O) groups excluding carboxylic acids is 1. The molecule has 1 unspecified atom stereocenters. The van der Waals surface area contributed by atoms with Crippen molar-refractivity contribution in [3.63, 3.8) is 0 Å². The highest BCUT2D eigenvalue weighted by molar-refractivity contribution is 5.85. The van der Waals surface area contributed by atoms with Crippen LogP contribution in [0.1, 0.15) is 26.5 Å². The van der Waals surface area contributed by atoms with E-state index in [9.17, 15) is 4.79 Å². The number of halogens is 1. The number of aromatic nitrogens is 3. The molecule has 0 spiro atoms. The molecule has 3 N–H and O–H groups in total. The highest BCUT2D eigenvalue weighted by Crippen LogP contribution is 2.19. The standard InChI is InChI=1S/C15H21N5O.ClH/c1-11(9-16)14(21)17-15(2,3)13-10-20(19-18-13)12-7-5-4-6-8-12;/h4-8,10-11H,9,16H2,1-3H3,(H,17,21);1H. The van der Waals surface area contributed by atoms with Crippen LogP contribution in [0.25, 0.3) is 5.69 Å². The number of carbonyl (C=O) groups is 1. The van der Waals surface area contributed by atoms with Crippen LogP contribution >= 0.6 is 12.4 Å². The molecule has 2 aromatic rings. The van der Waals surface area contributed by atoms with E-state index in [1.54, 1.807) is 11.6 Å². The van der Waals surface area contributed by atoms with Crippen LogP contribution in [0.5, 0.6) is 0 Å². The van der Waals surface area contributed by atoms with E-state index in [0.29, 0.717) is 12.2 Å². The van der Waals surface area contributed by atoms with Gasteiger partial charge in [-0.05, 0) is 26.0 Å². The summed E-state index contributed by atoms with van der Waals surface area (Å²) in [5.41, 5.74) is 6.54. The van der Waals surface area contributed by atoms with Gasteiger partial charge in [0.25, 0.3) is 0 Å². The summed E-state index contributed by atoms with van der Waals surface area (Å²) < 4.78 is 1.69. The number of nitrogens with zero attached hydrogens (tertiary/aromatic N) is 3. The van der Waals surface area contributed by atoms with Gasteiger partial charge in [0.05, 0.1) is 17.4 Å². The lowest BCUT2D eigenvalue weighted by molar-refractivity contribution is -0.126. The fourth-order valence-corrected chi connectivity index (χ4v) is 1.86. The van der Waals surface area contributed by atoms with Crippen molar-refractivity contribution < 1.29 is 4.79 Å². The van der Waals surface area contributed by atoms with E-state index in [2.05, 4.69) is 15.6 Å². The van der Waals surface area contributed by atoms with E-state index >= 15 is 0 Å². The number of benzene rings is 1. The third kappa shape index (κ3) is 4.05. The highest BCUT2D eigenvalue weighted by Gasteiger charge is 2.28. The molecular formula is C15H22ClN5O. The smallest absolute Gasteiger partial charge is 0.224 e. The SMILES string of the molecule is CC(CN)C(=O)NC(C)(C)c1cn(-c2ccccc2)nn1.Cl. The van der Waals surface area contributed by atoms with E-state index in [1.165, 1.54) is 0 Å². The van der Waals surface area contributed by atoms with Gasteiger partial charge in [0.2, 0.25) is 5.91 Å². The zero-order chi connectivity index (χ0) is 15.5. The van der Waals surface area contributed by atoms with Crippen LogP contribution < -0.4 is 11.1 Å². The Morgan fingerprint density at radius 3 is 2.59 bits per heavy atom. The van der Waals surface area contributed by atoms with Crippen LogP contribution in [0.15, 0.2) is 36.5 Å². The van der Waals surface area contributed by atoms with Gasteiger partial charge in [-0.1, -0.05) is 30.3 Å². The van der Waals surface area contributed by atoms with Gasteiger partial charge in [-0.3, -0.25) is 4.79 Å². The number of hydrogen-bond donors (Lipinski definition) is 2. The molecular weight excluding hydrogens is 302 g/mol. The molecule has 120 valence electrons. The molecule has 6 nitrogen and oxygen atoms in total. The molecule has 0 aliphatic heterocycles. The Hall–Kier alpha value is -1.92. The Morgan fingerprint density at radius 1 is 1.36 bits per heavy atom. The molecule has 1 aromatic heterocycles. The zero-order valence-corrected chi connectivity index (χ0v) is 13.8. The van der Waals surface area contributed by atoms with E-state index in [4.69, 9.17) is 5.73 Å². The van der Waals surface area contributed by atoms with E-state index in [1.807, 2.05) is 50.4 Å². The molecule has 22 heavy (non-hydrogen) atoms. The van der Waals surface area contributed by atoms with Gasteiger partial charge in [0.1, 0.15) is 5.69 Å². The monoisotopic (exact) mass is 323 g/mol. The van der Waals surface area contributed by atoms with Gasteiger partial charge in [-0.2, -0.15) is 0 Å². The van der Waals surface area contributed by atoms with E-state index < -0.39 is 5.54 Å². The Balaban J connectivity index is 0.00000242. The van der Waals surface area contributed by atoms with E-state index in [-0.39, 0.29) is 24.2 Å². The third-order valence-corrected chi connectivity index (χ3v) is 3.39. The zero-order valence-electron chi connectivity index (χ0n) is 13.0. The number of amides is 1. The number of rotatable bonds is 5. The second-order valence-electron chi connectivity index (χ2n) is 5.63. The summed E-state index contributed by atoms with van der Waals surface area (Å²) in [6.45, 7) is 5.91. The summed E-state index contributed by atoms with van der Waals surface area (Å²) in [4.78, 5) is 12.0. The largest absolute Gasteiger partial charge is 0.345 e. The molecule has 2 rings (SSSR count). The second kappa shape index (κ2) is 7.38. The first-order valence-corrected chi connectivity index (χ1v) is 6.94. The number of nitrogens with one attached hydrogen (secondary N) is 1. The maximum absolute atomic E-state index is 12.0. The van der Waals surface area contributed by atoms with Crippen molar-refractivity contribution in [3.05, 3.63) is 42.2 Å². The third-order valence-electron chi connectivity index (χ3n) is 3.39. The minimum absolute atomic E-state index is 0. The highest BCUT2D eigenvalue weighted by atomic mass is 35.5. The Bertz CT molecular complexity index is 611. The van der Waals surface area contributed by atoms with Crippen LogP contribution in [0.3, 0.4) is 0 Å². The topological polar surface area (TPSA) is 85.8 Å². The number of para-hydroxylation sites is 1. The van der Waals surface area contributed by atoms with Crippen LogP contribution in [0.4, 0.5) is 0 Å². The van der Waals surface area contributed by atoms with Crippen molar-refractivity contribution in [1.29, 1.82) is 0 Å². The minimum atomic E-state index is -0.604. The average Bonchev–Trinajstić information content (AvgIpc) is 2.97. The lowest BCUT2D eigenvalue weighted by Crippen LogP contribution is -2.45. The van der Waals surface area contributed by atoms with Crippen molar-refractivity contribution >= 4 is 18.3 Å². The summed E-state index contributed by atoms with van der Waals surface area (Å²) in [7, 11) is 0. The van der Waals surface area contributed by atoms with Gasteiger partial charge in [0, 0.05) is 12.5 Å². The average molecular weight is 324 g/mol. The summed E-state index contributed by atoms with van der Waals surface area (Å²) in [5.74, 6) is -0.315. The van der Waals surface area contributed by atoms with Crippen LogP contribution in [-0.2, 0) is 10.3 Å². The van der Waals surface area contributed by atoms with Gasteiger partial charge in [-0.25, -0.2) is 4.68 Å². The summed E-state index contributed by atoms with van der Waals surface area (Å²) >= 11 is 0. The summed E-state index contributed by atoms with van der Waals surface area (Å²) in [6, 6.07) is 9.71. The van der Waals surface area contributed by atoms with Gasteiger partial charge >= 0.3 is 0 Å². The first-order chi connectivity index (χ1) is 9.94. The fraction of sp³-hybridized carbons (Fsp3) is 0.400. The maximum atomic E-state index is 12.0. The molecule has 0 bridgehead atoms. The van der Waals surface area contributed by atoms with Gasteiger partial charge in [0.15, 0.2) is 0 Å². The molecule has 1 heterocycles. The van der Waals surface area contributed by atoms with Crippen molar-refractivity contribution in [3.8, 4) is 5.69 Å². The molecule has 1 amide bonds. The lowest BCUT2D eigenvalue weighted by atomic mass is 10.00. The van der Waals surface area contributed by atoms with Crippen molar-refractivity contribution in [2.24, 2.45) is 11.7 Å². The molecule has 0 fully saturated rings. The first kappa shape index (κ1) is 18.1. The van der Waals surface area contributed by atoms with Crippen molar-refractivity contribution in [1.82, 2.24) is 20.3 Å². The molecule has 1 aromatic carbocycles. The normalized spacial score (nSPS) is 12.4. The molecule has 0 saturated carbocycles. The first-order valence-electron chi connectivity index (χ1n) is 6.94. The second-order valence-corrected chi connectivity index (χ2v) is 5.63. The molecule has 0 aliphatic rings. The van der Waals surface area contributed by atoms with Crippen molar-refractivity contribution in [2.75, 3.05) is 6.54 Å². The molecule has 7 heteroatoms. The summed E-state index contributed by atoms with van der Waals surface area (Å²) in [6.07, 6.45) is 1.82. The summed E-state index contributed by atoms with van der Waals surface area (Å²) in [5, 5.41) is 11.2. The van der Waals surface area contributed by atoms with Crippen LogP contribution in [-0.4, -0.2) is 27.4 Å².